The van der Waals surface area contributed by atoms with Crippen molar-refractivity contribution in [1.82, 2.24) is 4.90 Å². The first-order valence-electron chi connectivity index (χ1n) is 7.80. The molecule has 1 unspecified atom stereocenters. The molecule has 2 aliphatic rings. The molecule has 1 aromatic carbocycles. The molecule has 0 spiro atoms. The number of carbonyl (C=O) groups is 1. The van der Waals surface area contributed by atoms with Gasteiger partial charge in [-0.2, -0.15) is 0 Å². The molecule has 1 saturated carbocycles. The predicted octanol–water partition coefficient (Wildman–Crippen LogP) is 2.52. The lowest BCUT2D eigenvalue weighted by Crippen LogP contribution is -2.48. The van der Waals surface area contributed by atoms with Crippen molar-refractivity contribution < 1.29 is 14.3 Å². The van der Waals surface area contributed by atoms with Crippen LogP contribution >= 0.6 is 0 Å². The maximum Gasteiger partial charge on any atom is 0.192 e. The van der Waals surface area contributed by atoms with Crippen molar-refractivity contribution >= 4 is 5.78 Å². The number of rotatable bonds is 5. The second kappa shape index (κ2) is 6.16. The van der Waals surface area contributed by atoms with E-state index >= 15 is 0 Å². The van der Waals surface area contributed by atoms with E-state index in [1.54, 1.807) is 0 Å². The van der Waals surface area contributed by atoms with Crippen LogP contribution in [0.15, 0.2) is 24.3 Å². The molecular formula is C17H23NO3. The molecule has 0 radical (unpaired) electrons. The van der Waals surface area contributed by atoms with E-state index in [0.717, 1.165) is 25.1 Å². The van der Waals surface area contributed by atoms with Crippen LogP contribution in [-0.2, 0) is 4.74 Å². The second-order valence-electron chi connectivity index (χ2n) is 6.15. The number of carbonyl (C=O) groups excluding carboxylic acids is 1. The monoisotopic (exact) mass is 289 g/mol. The van der Waals surface area contributed by atoms with Crippen LogP contribution in [0.5, 0.6) is 5.75 Å². The van der Waals surface area contributed by atoms with Gasteiger partial charge in [-0.1, -0.05) is 0 Å². The van der Waals surface area contributed by atoms with Gasteiger partial charge in [0, 0.05) is 24.7 Å². The van der Waals surface area contributed by atoms with Crippen LogP contribution in [0.3, 0.4) is 0 Å². The number of morpholine rings is 1. The van der Waals surface area contributed by atoms with Crippen LogP contribution in [0.4, 0.5) is 0 Å². The minimum atomic E-state index is -0.351. The van der Waals surface area contributed by atoms with Crippen molar-refractivity contribution in [2.45, 2.75) is 44.9 Å². The summed E-state index contributed by atoms with van der Waals surface area (Å²) < 4.78 is 11.4. The normalized spacial score (nSPS) is 23.3. The number of ether oxygens (including phenoxy) is 2. The minimum absolute atomic E-state index is 0.0679. The van der Waals surface area contributed by atoms with E-state index in [1.807, 2.05) is 24.3 Å². The molecule has 1 atom stereocenters. The molecule has 3 rings (SSSR count). The number of hydrogen-bond donors (Lipinski definition) is 0. The van der Waals surface area contributed by atoms with Crippen molar-refractivity contribution in [3.05, 3.63) is 29.8 Å². The highest BCUT2D eigenvalue weighted by Crippen LogP contribution is 2.27. The third-order valence-electron chi connectivity index (χ3n) is 4.09. The molecule has 114 valence electrons. The molecule has 0 bridgehead atoms. The Morgan fingerprint density at radius 1 is 1.29 bits per heavy atom. The van der Waals surface area contributed by atoms with E-state index in [1.165, 1.54) is 0 Å². The predicted molar refractivity (Wildman–Crippen MR) is 80.9 cm³/mol. The van der Waals surface area contributed by atoms with Gasteiger partial charge in [-0.3, -0.25) is 9.69 Å². The Morgan fingerprint density at radius 2 is 2.00 bits per heavy atom. The topological polar surface area (TPSA) is 38.8 Å². The molecule has 21 heavy (non-hydrogen) atoms. The highest BCUT2D eigenvalue weighted by Gasteiger charge is 2.28. The summed E-state index contributed by atoms with van der Waals surface area (Å²) in [5.74, 6) is 0.917. The lowest BCUT2D eigenvalue weighted by molar-refractivity contribution is -0.0256. The first-order valence-corrected chi connectivity index (χ1v) is 7.80. The van der Waals surface area contributed by atoms with E-state index in [2.05, 4.69) is 18.7 Å². The van der Waals surface area contributed by atoms with Crippen molar-refractivity contribution in [1.29, 1.82) is 0 Å². The summed E-state index contributed by atoms with van der Waals surface area (Å²) in [6, 6.07) is 7.90. The Morgan fingerprint density at radius 3 is 2.62 bits per heavy atom. The summed E-state index contributed by atoms with van der Waals surface area (Å²) in [6.07, 6.45) is 2.31. The maximum atomic E-state index is 12.5. The molecule has 4 heteroatoms. The highest BCUT2D eigenvalue weighted by atomic mass is 16.5. The molecule has 2 fully saturated rings. The van der Waals surface area contributed by atoms with Crippen molar-refractivity contribution in [2.75, 3.05) is 19.7 Å². The number of Topliss-reactive ketones (excluding diaryl/α,β-unsaturated/α-hetero) is 1. The molecule has 0 aromatic heterocycles. The summed E-state index contributed by atoms with van der Waals surface area (Å²) in [5, 5.41) is 0. The van der Waals surface area contributed by atoms with Gasteiger partial charge in [0.05, 0.1) is 12.7 Å². The van der Waals surface area contributed by atoms with Crippen LogP contribution in [-0.4, -0.2) is 48.6 Å². The summed E-state index contributed by atoms with van der Waals surface area (Å²) in [4.78, 5) is 14.8. The molecule has 1 heterocycles. The van der Waals surface area contributed by atoms with Crippen LogP contribution in [0, 0.1) is 0 Å². The van der Waals surface area contributed by atoms with Gasteiger partial charge < -0.3 is 9.47 Å². The molecule has 1 aromatic rings. The summed E-state index contributed by atoms with van der Waals surface area (Å²) in [5.41, 5.74) is 0.703. The zero-order chi connectivity index (χ0) is 14.8. The Labute approximate surface area is 126 Å². The van der Waals surface area contributed by atoms with Crippen LogP contribution in [0.2, 0.25) is 0 Å². The Hall–Kier alpha value is -1.39. The zero-order valence-electron chi connectivity index (χ0n) is 12.7. The van der Waals surface area contributed by atoms with Crippen molar-refractivity contribution in [2.24, 2.45) is 0 Å². The average Bonchev–Trinajstić information content (AvgIpc) is 3.31. The van der Waals surface area contributed by atoms with E-state index in [0.29, 0.717) is 30.9 Å². The number of nitrogens with zero attached hydrogens (tertiary/aromatic N) is 1. The fraction of sp³-hybridized carbons (Fsp3) is 0.588. The SMILES string of the molecule is CC(C)N1CCOC(C(=O)c2ccc(OC3CC3)cc2)C1. The van der Waals surface area contributed by atoms with E-state index in [-0.39, 0.29) is 11.9 Å². The smallest absolute Gasteiger partial charge is 0.192 e. The van der Waals surface area contributed by atoms with E-state index < -0.39 is 0 Å². The lowest BCUT2D eigenvalue weighted by atomic mass is 10.0. The zero-order valence-corrected chi connectivity index (χ0v) is 12.7. The Balaban J connectivity index is 1.63. The molecule has 1 aliphatic carbocycles. The second-order valence-corrected chi connectivity index (χ2v) is 6.15. The molecule has 1 aliphatic heterocycles. The molecule has 0 N–H and O–H groups in total. The Bertz CT molecular complexity index is 493. The summed E-state index contributed by atoms with van der Waals surface area (Å²) in [7, 11) is 0. The standard InChI is InChI=1S/C17H23NO3/c1-12(2)18-9-10-20-16(11-18)17(19)13-3-5-14(6-4-13)21-15-7-8-15/h3-6,12,15-16H,7-11H2,1-2H3. The van der Waals surface area contributed by atoms with Gasteiger partial charge in [0.25, 0.3) is 0 Å². The van der Waals surface area contributed by atoms with Crippen LogP contribution < -0.4 is 4.74 Å². The number of ketones is 1. The summed E-state index contributed by atoms with van der Waals surface area (Å²) >= 11 is 0. The van der Waals surface area contributed by atoms with Gasteiger partial charge in [-0.05, 0) is 51.0 Å². The number of benzene rings is 1. The third-order valence-corrected chi connectivity index (χ3v) is 4.09. The quantitative estimate of drug-likeness (QED) is 0.781. The minimum Gasteiger partial charge on any atom is -0.490 e. The molecule has 4 nitrogen and oxygen atoms in total. The first-order chi connectivity index (χ1) is 10.1. The highest BCUT2D eigenvalue weighted by molar-refractivity contribution is 5.99. The van der Waals surface area contributed by atoms with Gasteiger partial charge in [0.1, 0.15) is 11.9 Å². The van der Waals surface area contributed by atoms with Gasteiger partial charge in [-0.25, -0.2) is 0 Å². The molecule has 1 saturated heterocycles. The molecule has 0 amide bonds. The maximum absolute atomic E-state index is 12.5. The number of hydrogen-bond acceptors (Lipinski definition) is 4. The lowest BCUT2D eigenvalue weighted by Gasteiger charge is -2.34. The van der Waals surface area contributed by atoms with Gasteiger partial charge >= 0.3 is 0 Å². The Kier molecular flexibility index (Phi) is 4.27. The van der Waals surface area contributed by atoms with Gasteiger partial charge in [-0.15, -0.1) is 0 Å². The molecular weight excluding hydrogens is 266 g/mol. The van der Waals surface area contributed by atoms with Crippen LogP contribution in [0.25, 0.3) is 0 Å². The average molecular weight is 289 g/mol. The van der Waals surface area contributed by atoms with Crippen molar-refractivity contribution in [3.63, 3.8) is 0 Å². The van der Waals surface area contributed by atoms with E-state index in [4.69, 9.17) is 9.47 Å². The van der Waals surface area contributed by atoms with E-state index in [9.17, 15) is 4.79 Å². The summed E-state index contributed by atoms with van der Waals surface area (Å²) in [6.45, 7) is 6.50. The van der Waals surface area contributed by atoms with Crippen molar-refractivity contribution in [3.8, 4) is 5.75 Å². The van der Waals surface area contributed by atoms with Crippen LogP contribution in [0.1, 0.15) is 37.0 Å². The fourth-order valence-electron chi connectivity index (χ4n) is 2.56. The first kappa shape index (κ1) is 14.5. The van der Waals surface area contributed by atoms with Gasteiger partial charge in [0.15, 0.2) is 5.78 Å². The largest absolute Gasteiger partial charge is 0.490 e. The fourth-order valence-corrected chi connectivity index (χ4v) is 2.56. The third kappa shape index (κ3) is 3.63. The van der Waals surface area contributed by atoms with Gasteiger partial charge in [0.2, 0.25) is 0 Å².